The highest BCUT2D eigenvalue weighted by atomic mass is 35.5. The van der Waals surface area contributed by atoms with Gasteiger partial charge in [0.25, 0.3) is 11.8 Å². The summed E-state index contributed by atoms with van der Waals surface area (Å²) in [6, 6.07) is 4.33. The van der Waals surface area contributed by atoms with Gasteiger partial charge in [-0.2, -0.15) is 5.10 Å². The zero-order valence-corrected chi connectivity index (χ0v) is 24.1. The van der Waals surface area contributed by atoms with E-state index in [1.54, 1.807) is 48.1 Å². The van der Waals surface area contributed by atoms with Crippen LogP contribution in [-0.2, 0) is 11.8 Å². The molecule has 1 aliphatic rings. The van der Waals surface area contributed by atoms with Crippen LogP contribution >= 0.6 is 11.6 Å². The summed E-state index contributed by atoms with van der Waals surface area (Å²) in [5.74, 6) is -0.136. The van der Waals surface area contributed by atoms with Crippen LogP contribution in [0.5, 0.6) is 5.75 Å². The fourth-order valence-corrected chi connectivity index (χ4v) is 5.05. The lowest BCUT2D eigenvalue weighted by Crippen LogP contribution is -2.51. The van der Waals surface area contributed by atoms with Gasteiger partial charge in [-0.15, -0.1) is 0 Å². The highest BCUT2D eigenvalue weighted by molar-refractivity contribution is 6.31. The molecular formula is C28H40ClN5O4. The van der Waals surface area contributed by atoms with E-state index in [2.05, 4.69) is 5.10 Å². The first-order valence-corrected chi connectivity index (χ1v) is 13.6. The summed E-state index contributed by atoms with van der Waals surface area (Å²) in [5, 5.41) is 4.74. The molecule has 1 atom stereocenters. The molecule has 0 radical (unpaired) electrons. The van der Waals surface area contributed by atoms with Gasteiger partial charge in [0.05, 0.1) is 23.4 Å². The van der Waals surface area contributed by atoms with Crippen molar-refractivity contribution in [3.8, 4) is 5.75 Å². The number of amides is 3. The zero-order chi connectivity index (χ0) is 28.0. The molecule has 10 heteroatoms. The summed E-state index contributed by atoms with van der Waals surface area (Å²) in [6.07, 6.45) is 4.71. The minimum Gasteiger partial charge on any atom is -0.493 e. The van der Waals surface area contributed by atoms with Crippen molar-refractivity contribution in [3.05, 3.63) is 46.2 Å². The lowest BCUT2D eigenvalue weighted by atomic mass is 10.00. The maximum Gasteiger partial charge on any atom is 0.258 e. The number of benzene rings is 1. The summed E-state index contributed by atoms with van der Waals surface area (Å²) in [6.45, 7) is 7.79. The number of carbonyl (C=O) groups is 3. The number of halogens is 1. The third-order valence-electron chi connectivity index (χ3n) is 6.95. The van der Waals surface area contributed by atoms with E-state index in [4.69, 9.17) is 16.3 Å². The van der Waals surface area contributed by atoms with E-state index in [0.717, 1.165) is 19.3 Å². The Kier molecular flexibility index (Phi) is 10.2. The van der Waals surface area contributed by atoms with Crippen LogP contribution < -0.4 is 4.74 Å². The van der Waals surface area contributed by atoms with Crippen LogP contribution in [0.4, 0.5) is 0 Å². The predicted molar refractivity (Wildman–Crippen MR) is 148 cm³/mol. The summed E-state index contributed by atoms with van der Waals surface area (Å²) in [5.41, 5.74) is 1.64. The van der Waals surface area contributed by atoms with Crippen LogP contribution in [0.1, 0.15) is 65.9 Å². The molecule has 0 N–H and O–H groups in total. The van der Waals surface area contributed by atoms with E-state index < -0.39 is 6.04 Å². The molecule has 1 aromatic carbocycles. The van der Waals surface area contributed by atoms with E-state index in [9.17, 15) is 14.4 Å². The second-order valence-corrected chi connectivity index (χ2v) is 10.8. The Morgan fingerprint density at radius 3 is 2.34 bits per heavy atom. The first-order valence-electron chi connectivity index (χ1n) is 13.2. The molecule has 0 bridgehead atoms. The van der Waals surface area contributed by atoms with Crippen molar-refractivity contribution in [2.45, 2.75) is 52.5 Å². The maximum absolute atomic E-state index is 13.6. The number of fused-ring (bicyclic) bond motifs is 1. The van der Waals surface area contributed by atoms with Gasteiger partial charge in [-0.1, -0.05) is 25.4 Å². The molecule has 0 fully saturated rings. The summed E-state index contributed by atoms with van der Waals surface area (Å²) < 4.78 is 7.67. The topological polar surface area (TPSA) is 88.0 Å². The Labute approximate surface area is 230 Å². The minimum atomic E-state index is -0.637. The van der Waals surface area contributed by atoms with Gasteiger partial charge in [0.15, 0.2) is 0 Å². The van der Waals surface area contributed by atoms with E-state index in [1.165, 1.54) is 4.90 Å². The molecule has 3 amide bonds. The van der Waals surface area contributed by atoms with Crippen LogP contribution in [0, 0.1) is 12.8 Å². The molecule has 0 unspecified atom stereocenters. The molecule has 0 aliphatic carbocycles. The van der Waals surface area contributed by atoms with E-state index in [-0.39, 0.29) is 23.6 Å². The lowest BCUT2D eigenvalue weighted by molar-refractivity contribution is -0.136. The molecule has 9 nitrogen and oxygen atoms in total. The Morgan fingerprint density at radius 2 is 1.71 bits per heavy atom. The molecule has 0 saturated heterocycles. The number of likely N-dealkylation sites (N-methyl/N-ethyl adjacent to an activating group) is 2. The number of rotatable bonds is 2. The van der Waals surface area contributed by atoms with Gasteiger partial charge in [0.1, 0.15) is 11.8 Å². The third-order valence-corrected chi connectivity index (χ3v) is 7.19. The van der Waals surface area contributed by atoms with Gasteiger partial charge >= 0.3 is 0 Å². The van der Waals surface area contributed by atoms with Crippen LogP contribution in [0.25, 0.3) is 0 Å². The van der Waals surface area contributed by atoms with Crippen molar-refractivity contribution in [2.75, 3.05) is 40.3 Å². The molecule has 208 valence electrons. The molecule has 38 heavy (non-hydrogen) atoms. The second-order valence-electron chi connectivity index (χ2n) is 10.4. The van der Waals surface area contributed by atoms with Crippen LogP contribution in [0.2, 0.25) is 5.02 Å². The Hall–Kier alpha value is -3.07. The average Bonchev–Trinajstić information content (AvgIpc) is 3.21. The highest BCUT2D eigenvalue weighted by Gasteiger charge is 2.33. The molecular weight excluding hydrogens is 506 g/mol. The highest BCUT2D eigenvalue weighted by Crippen LogP contribution is 2.26. The van der Waals surface area contributed by atoms with Gasteiger partial charge in [-0.3, -0.25) is 19.1 Å². The molecule has 1 aromatic heterocycles. The van der Waals surface area contributed by atoms with Crippen molar-refractivity contribution < 1.29 is 19.1 Å². The smallest absolute Gasteiger partial charge is 0.258 e. The van der Waals surface area contributed by atoms with Crippen molar-refractivity contribution in [3.63, 3.8) is 0 Å². The van der Waals surface area contributed by atoms with E-state index >= 15 is 0 Å². The third kappa shape index (κ3) is 7.07. The van der Waals surface area contributed by atoms with Gasteiger partial charge < -0.3 is 19.4 Å². The lowest BCUT2D eigenvalue weighted by Gasteiger charge is -2.33. The number of aromatic nitrogens is 2. The normalized spacial score (nSPS) is 18.8. The SMILES string of the molecule is Cc1nn(C)cc1C(=O)N1CCCCOc2ccc(Cl)cc2C(=O)N(C)[C@@H](C(C)C)C(=O)N(C)CCCC1. The van der Waals surface area contributed by atoms with Gasteiger partial charge in [0, 0.05) is 52.0 Å². The number of hydrogen-bond acceptors (Lipinski definition) is 5. The molecule has 2 heterocycles. The number of aryl methyl sites for hydroxylation is 2. The van der Waals surface area contributed by atoms with Crippen LogP contribution in [-0.4, -0.2) is 88.6 Å². The van der Waals surface area contributed by atoms with Crippen molar-refractivity contribution in [1.29, 1.82) is 0 Å². The number of hydrogen-bond donors (Lipinski definition) is 0. The van der Waals surface area contributed by atoms with Gasteiger partial charge in [-0.05, 0) is 56.7 Å². The van der Waals surface area contributed by atoms with Crippen molar-refractivity contribution in [1.82, 2.24) is 24.5 Å². The van der Waals surface area contributed by atoms with Crippen LogP contribution in [0.15, 0.2) is 24.4 Å². The number of nitrogens with zero attached hydrogens (tertiary/aromatic N) is 5. The van der Waals surface area contributed by atoms with Gasteiger partial charge in [0.2, 0.25) is 5.91 Å². The largest absolute Gasteiger partial charge is 0.493 e. The monoisotopic (exact) mass is 545 g/mol. The van der Waals surface area contributed by atoms with Gasteiger partial charge in [-0.25, -0.2) is 0 Å². The summed E-state index contributed by atoms with van der Waals surface area (Å²) in [4.78, 5) is 45.4. The molecule has 0 saturated carbocycles. The fraction of sp³-hybridized carbons (Fsp3) is 0.571. The first-order chi connectivity index (χ1) is 18.0. The second kappa shape index (κ2) is 13.1. The molecule has 0 spiro atoms. The van der Waals surface area contributed by atoms with Crippen LogP contribution in [0.3, 0.4) is 0 Å². The van der Waals surface area contributed by atoms with Crippen molar-refractivity contribution >= 4 is 29.3 Å². The minimum absolute atomic E-state index is 0.0362. The standard InChI is InChI=1S/C28H40ClN5O4/c1-19(2)25-28(37)31(4)13-7-8-14-34(27(36)23-18-32(5)30-20(23)3)15-9-10-16-38-24-12-11-21(29)17-22(24)26(35)33(25)6/h11-12,17-19,25H,7-10,13-16H2,1-6H3/t25-/m0/s1. The summed E-state index contributed by atoms with van der Waals surface area (Å²) in [7, 11) is 5.23. The van der Waals surface area contributed by atoms with E-state index in [1.807, 2.05) is 32.7 Å². The Morgan fingerprint density at radius 1 is 1.05 bits per heavy atom. The molecule has 2 aromatic rings. The number of carbonyl (C=O) groups excluding carboxylic acids is 3. The van der Waals surface area contributed by atoms with E-state index in [0.29, 0.717) is 60.3 Å². The maximum atomic E-state index is 13.6. The number of ether oxygens (including phenoxy) is 1. The Bertz CT molecular complexity index is 1150. The summed E-state index contributed by atoms with van der Waals surface area (Å²) >= 11 is 6.24. The average molecular weight is 546 g/mol. The fourth-order valence-electron chi connectivity index (χ4n) is 4.88. The zero-order valence-electron chi connectivity index (χ0n) is 23.4. The Balaban J connectivity index is 1.87. The van der Waals surface area contributed by atoms with Crippen molar-refractivity contribution in [2.24, 2.45) is 13.0 Å². The predicted octanol–water partition coefficient (Wildman–Crippen LogP) is 4.03. The first kappa shape index (κ1) is 29.5. The quantitative estimate of drug-likeness (QED) is 0.568. The molecule has 3 rings (SSSR count). The molecule has 1 aliphatic heterocycles.